The lowest BCUT2D eigenvalue weighted by atomic mass is 9.76. The second-order valence-corrected chi connectivity index (χ2v) is 5.49. The average molecular weight is 266 g/mol. The Labute approximate surface area is 114 Å². The van der Waals surface area contributed by atoms with E-state index >= 15 is 0 Å². The Bertz CT molecular complexity index is 410. The zero-order chi connectivity index (χ0) is 13.9. The molecule has 1 saturated carbocycles. The van der Waals surface area contributed by atoms with Gasteiger partial charge in [-0.25, -0.2) is 4.39 Å². The highest BCUT2D eigenvalue weighted by Crippen LogP contribution is 2.41. The molecule has 1 fully saturated rings. The summed E-state index contributed by atoms with van der Waals surface area (Å²) in [6.07, 6.45) is 5.38. The molecule has 1 aromatic rings. The molecule has 3 N–H and O–H groups in total. The van der Waals surface area contributed by atoms with Gasteiger partial charge in [0.05, 0.1) is 11.6 Å². The van der Waals surface area contributed by atoms with Gasteiger partial charge in [0.15, 0.2) is 0 Å². The third-order valence-corrected chi connectivity index (χ3v) is 4.20. The standard InChI is InChI=1S/C15H23FN2O/c1-11-8-12(10-13(16)9-11)14(18-17)15(19-2)6-4-3-5-7-15/h8-10,14,18H,3-7,17H2,1-2H3. The number of nitrogens with two attached hydrogens (primary N) is 1. The first-order valence-corrected chi connectivity index (χ1v) is 6.90. The summed E-state index contributed by atoms with van der Waals surface area (Å²) in [5, 5.41) is 0. The van der Waals surface area contributed by atoms with Gasteiger partial charge in [-0.2, -0.15) is 0 Å². The van der Waals surface area contributed by atoms with E-state index in [0.29, 0.717) is 0 Å². The summed E-state index contributed by atoms with van der Waals surface area (Å²) in [6, 6.07) is 4.88. The summed E-state index contributed by atoms with van der Waals surface area (Å²) in [5.41, 5.74) is 4.28. The fraction of sp³-hybridized carbons (Fsp3) is 0.600. The van der Waals surface area contributed by atoms with Crippen LogP contribution >= 0.6 is 0 Å². The average Bonchev–Trinajstić information content (AvgIpc) is 2.39. The molecule has 1 atom stereocenters. The van der Waals surface area contributed by atoms with Crippen LogP contribution in [0.5, 0.6) is 0 Å². The third kappa shape index (κ3) is 2.96. The molecule has 106 valence electrons. The summed E-state index contributed by atoms with van der Waals surface area (Å²) >= 11 is 0. The number of benzene rings is 1. The van der Waals surface area contributed by atoms with E-state index in [-0.39, 0.29) is 17.5 Å². The van der Waals surface area contributed by atoms with Gasteiger partial charge in [0, 0.05) is 7.11 Å². The molecule has 19 heavy (non-hydrogen) atoms. The summed E-state index contributed by atoms with van der Waals surface area (Å²) in [5.74, 6) is 5.52. The van der Waals surface area contributed by atoms with E-state index in [1.807, 2.05) is 13.0 Å². The van der Waals surface area contributed by atoms with Crippen molar-refractivity contribution in [2.24, 2.45) is 5.84 Å². The van der Waals surface area contributed by atoms with E-state index in [0.717, 1.165) is 36.8 Å². The van der Waals surface area contributed by atoms with Crippen molar-refractivity contribution in [1.82, 2.24) is 5.43 Å². The highest BCUT2D eigenvalue weighted by atomic mass is 19.1. The molecule has 0 bridgehead atoms. The van der Waals surface area contributed by atoms with E-state index in [1.54, 1.807) is 13.2 Å². The zero-order valence-electron chi connectivity index (χ0n) is 11.7. The fourth-order valence-electron chi connectivity index (χ4n) is 3.24. The highest BCUT2D eigenvalue weighted by Gasteiger charge is 2.40. The summed E-state index contributed by atoms with van der Waals surface area (Å²) in [6.45, 7) is 1.89. The molecule has 0 aromatic heterocycles. The molecule has 1 unspecified atom stereocenters. The first-order valence-electron chi connectivity index (χ1n) is 6.90. The third-order valence-electron chi connectivity index (χ3n) is 4.20. The van der Waals surface area contributed by atoms with E-state index in [2.05, 4.69) is 5.43 Å². The van der Waals surface area contributed by atoms with Crippen LogP contribution in [-0.2, 0) is 4.74 Å². The van der Waals surface area contributed by atoms with Crippen molar-refractivity contribution in [3.63, 3.8) is 0 Å². The van der Waals surface area contributed by atoms with Gasteiger partial charge < -0.3 is 4.74 Å². The molecule has 0 spiro atoms. The molecule has 4 heteroatoms. The lowest BCUT2D eigenvalue weighted by Crippen LogP contribution is -2.49. The van der Waals surface area contributed by atoms with Crippen molar-refractivity contribution < 1.29 is 9.13 Å². The Morgan fingerprint density at radius 1 is 1.26 bits per heavy atom. The monoisotopic (exact) mass is 266 g/mol. The molecule has 0 heterocycles. The van der Waals surface area contributed by atoms with Crippen molar-refractivity contribution in [1.29, 1.82) is 0 Å². The van der Waals surface area contributed by atoms with Crippen LogP contribution in [-0.4, -0.2) is 12.7 Å². The van der Waals surface area contributed by atoms with Crippen LogP contribution < -0.4 is 11.3 Å². The molecule has 0 saturated heterocycles. The lowest BCUT2D eigenvalue weighted by molar-refractivity contribution is -0.0689. The van der Waals surface area contributed by atoms with Crippen molar-refractivity contribution >= 4 is 0 Å². The Kier molecular flexibility index (Phi) is 4.55. The largest absolute Gasteiger partial charge is 0.376 e. The summed E-state index contributed by atoms with van der Waals surface area (Å²) < 4.78 is 19.4. The number of ether oxygens (including phenoxy) is 1. The van der Waals surface area contributed by atoms with Crippen molar-refractivity contribution in [3.8, 4) is 0 Å². The van der Waals surface area contributed by atoms with Gasteiger partial charge in [0.25, 0.3) is 0 Å². The second kappa shape index (κ2) is 5.99. The molecule has 2 rings (SSSR count). The Morgan fingerprint density at radius 3 is 2.47 bits per heavy atom. The van der Waals surface area contributed by atoms with E-state index < -0.39 is 0 Å². The smallest absolute Gasteiger partial charge is 0.123 e. The quantitative estimate of drug-likeness (QED) is 0.650. The van der Waals surface area contributed by atoms with Crippen molar-refractivity contribution in [2.75, 3.05) is 7.11 Å². The van der Waals surface area contributed by atoms with Gasteiger partial charge in [-0.15, -0.1) is 0 Å². The number of methoxy groups -OCH3 is 1. The predicted octanol–water partition coefficient (Wildman–Crippen LogP) is 2.99. The minimum Gasteiger partial charge on any atom is -0.376 e. The highest BCUT2D eigenvalue weighted by molar-refractivity contribution is 5.28. The Morgan fingerprint density at radius 2 is 1.95 bits per heavy atom. The number of nitrogens with one attached hydrogen (secondary N) is 1. The van der Waals surface area contributed by atoms with Gasteiger partial charge in [0.2, 0.25) is 0 Å². The van der Waals surface area contributed by atoms with Gasteiger partial charge >= 0.3 is 0 Å². The van der Waals surface area contributed by atoms with Crippen LogP contribution in [0.1, 0.15) is 49.3 Å². The van der Waals surface area contributed by atoms with E-state index in [9.17, 15) is 4.39 Å². The van der Waals surface area contributed by atoms with Gasteiger partial charge in [-0.3, -0.25) is 11.3 Å². The van der Waals surface area contributed by atoms with Gasteiger partial charge in [-0.05, 0) is 43.0 Å². The van der Waals surface area contributed by atoms with Gasteiger partial charge in [0.1, 0.15) is 5.82 Å². The number of hydrogen-bond donors (Lipinski definition) is 2. The SMILES string of the molecule is COC1(C(NN)c2cc(C)cc(F)c2)CCCCC1. The lowest BCUT2D eigenvalue weighted by Gasteiger charge is -2.42. The maximum Gasteiger partial charge on any atom is 0.123 e. The molecule has 1 aliphatic carbocycles. The number of rotatable bonds is 4. The number of halogens is 1. The summed E-state index contributed by atoms with van der Waals surface area (Å²) in [4.78, 5) is 0. The van der Waals surface area contributed by atoms with E-state index in [4.69, 9.17) is 10.6 Å². The second-order valence-electron chi connectivity index (χ2n) is 5.49. The predicted molar refractivity (Wildman–Crippen MR) is 74.0 cm³/mol. The summed E-state index contributed by atoms with van der Waals surface area (Å²) in [7, 11) is 1.72. The molecule has 0 aliphatic heterocycles. The first kappa shape index (κ1) is 14.4. The Hall–Kier alpha value is -0.970. The van der Waals surface area contributed by atoms with Crippen LogP contribution in [0.15, 0.2) is 18.2 Å². The molecule has 3 nitrogen and oxygen atoms in total. The maximum atomic E-state index is 13.6. The first-order chi connectivity index (χ1) is 9.11. The van der Waals surface area contributed by atoms with Crippen LogP contribution in [0.2, 0.25) is 0 Å². The zero-order valence-corrected chi connectivity index (χ0v) is 11.7. The normalized spacial score (nSPS) is 20.2. The van der Waals surface area contributed by atoms with Crippen LogP contribution in [0.4, 0.5) is 4.39 Å². The van der Waals surface area contributed by atoms with Gasteiger partial charge in [-0.1, -0.05) is 25.3 Å². The molecular weight excluding hydrogens is 243 g/mol. The molecule has 1 aliphatic rings. The minimum atomic E-state index is -0.326. The number of hydrogen-bond acceptors (Lipinski definition) is 3. The molecule has 0 amide bonds. The number of hydrazine groups is 1. The van der Waals surface area contributed by atoms with Crippen LogP contribution in [0, 0.1) is 12.7 Å². The minimum absolute atomic E-state index is 0.174. The topological polar surface area (TPSA) is 47.3 Å². The fourth-order valence-corrected chi connectivity index (χ4v) is 3.24. The number of aryl methyl sites for hydroxylation is 1. The molecule has 0 radical (unpaired) electrons. The van der Waals surface area contributed by atoms with Crippen molar-refractivity contribution in [3.05, 3.63) is 35.1 Å². The van der Waals surface area contributed by atoms with Crippen LogP contribution in [0.25, 0.3) is 0 Å². The molecular formula is C15H23FN2O. The van der Waals surface area contributed by atoms with E-state index in [1.165, 1.54) is 12.5 Å². The van der Waals surface area contributed by atoms with Crippen LogP contribution in [0.3, 0.4) is 0 Å². The Balaban J connectivity index is 2.36. The molecule has 1 aromatic carbocycles. The van der Waals surface area contributed by atoms with Crippen molar-refractivity contribution in [2.45, 2.75) is 50.7 Å². The maximum absolute atomic E-state index is 13.6.